The van der Waals surface area contributed by atoms with Crippen LogP contribution in [0.5, 0.6) is 0 Å². The standard InChI is InChI=1S/C20H18Cl2FN3O4/c21-12-8-9(3-4-13(12)23)24-19(29)15-14-2-1-5-26(14)17(16(15)22)18(28)20(30)25-10-6-11(27)7-10/h3-4,8,10-11,27H,1-2,5-7H2,(H,24,29)(H,25,30). The Labute approximate surface area is 181 Å². The summed E-state index contributed by atoms with van der Waals surface area (Å²) in [5, 5.41) is 14.3. The van der Waals surface area contributed by atoms with E-state index in [2.05, 4.69) is 10.6 Å². The van der Waals surface area contributed by atoms with Gasteiger partial charge in [-0.1, -0.05) is 23.2 Å². The summed E-state index contributed by atoms with van der Waals surface area (Å²) in [6, 6.07) is 3.50. The number of aromatic nitrogens is 1. The zero-order chi connectivity index (χ0) is 21.6. The van der Waals surface area contributed by atoms with E-state index in [1.807, 2.05) is 0 Å². The minimum Gasteiger partial charge on any atom is -0.393 e. The Morgan fingerprint density at radius 2 is 1.93 bits per heavy atom. The Balaban J connectivity index is 1.60. The number of anilines is 1. The summed E-state index contributed by atoms with van der Waals surface area (Å²) in [5.41, 5.74) is 0.934. The summed E-state index contributed by atoms with van der Waals surface area (Å²) in [6.45, 7) is 0.460. The Kier molecular flexibility index (Phi) is 5.57. The van der Waals surface area contributed by atoms with E-state index in [1.165, 1.54) is 12.1 Å². The topological polar surface area (TPSA) is 100 Å². The molecule has 1 aliphatic carbocycles. The lowest BCUT2D eigenvalue weighted by molar-refractivity contribution is -0.119. The van der Waals surface area contributed by atoms with Gasteiger partial charge in [-0.2, -0.15) is 0 Å². The van der Waals surface area contributed by atoms with Crippen molar-refractivity contribution in [2.24, 2.45) is 0 Å². The van der Waals surface area contributed by atoms with Crippen molar-refractivity contribution in [3.63, 3.8) is 0 Å². The Morgan fingerprint density at radius 1 is 1.20 bits per heavy atom. The van der Waals surface area contributed by atoms with Crippen LogP contribution < -0.4 is 10.6 Å². The number of rotatable bonds is 5. The normalized spacial score (nSPS) is 19.7. The molecule has 0 spiro atoms. The number of benzene rings is 1. The fraction of sp³-hybridized carbons (Fsp3) is 0.350. The van der Waals surface area contributed by atoms with Crippen LogP contribution in [0.15, 0.2) is 18.2 Å². The SMILES string of the molecule is O=C(NC1CC(O)C1)C(=O)c1c(Cl)c(C(=O)Nc2ccc(F)c(Cl)c2)c2n1CCC2. The van der Waals surface area contributed by atoms with E-state index in [-0.39, 0.29) is 33.0 Å². The molecule has 0 radical (unpaired) electrons. The highest BCUT2D eigenvalue weighted by Crippen LogP contribution is 2.34. The number of ketones is 1. The summed E-state index contributed by atoms with van der Waals surface area (Å²) in [5.74, 6) is -2.84. The van der Waals surface area contributed by atoms with Gasteiger partial charge in [-0.25, -0.2) is 4.39 Å². The second-order valence-electron chi connectivity index (χ2n) is 7.45. The van der Waals surface area contributed by atoms with Crippen LogP contribution in [0.1, 0.15) is 45.8 Å². The number of amides is 2. The van der Waals surface area contributed by atoms with Gasteiger partial charge in [0.15, 0.2) is 0 Å². The van der Waals surface area contributed by atoms with Gasteiger partial charge in [0, 0.05) is 24.0 Å². The second-order valence-corrected chi connectivity index (χ2v) is 8.23. The van der Waals surface area contributed by atoms with E-state index in [0.717, 1.165) is 6.07 Å². The molecule has 158 valence electrons. The van der Waals surface area contributed by atoms with Gasteiger partial charge in [-0.05, 0) is 43.9 Å². The van der Waals surface area contributed by atoms with Gasteiger partial charge < -0.3 is 20.3 Å². The van der Waals surface area contributed by atoms with Crippen molar-refractivity contribution >= 4 is 46.5 Å². The first-order chi connectivity index (χ1) is 14.3. The van der Waals surface area contributed by atoms with Crippen molar-refractivity contribution < 1.29 is 23.9 Å². The Bertz CT molecular complexity index is 1060. The highest BCUT2D eigenvalue weighted by atomic mass is 35.5. The molecule has 7 nitrogen and oxygen atoms in total. The smallest absolute Gasteiger partial charge is 0.294 e. The van der Waals surface area contributed by atoms with Crippen LogP contribution in [0.4, 0.5) is 10.1 Å². The molecule has 0 bridgehead atoms. The minimum absolute atomic E-state index is 0.0242. The lowest BCUT2D eigenvalue weighted by Crippen LogP contribution is -2.49. The summed E-state index contributed by atoms with van der Waals surface area (Å²) in [4.78, 5) is 38.0. The van der Waals surface area contributed by atoms with Crippen molar-refractivity contribution in [2.75, 3.05) is 5.32 Å². The molecule has 1 aromatic carbocycles. The molecular weight excluding hydrogens is 436 g/mol. The predicted octanol–water partition coefficient (Wildman–Crippen LogP) is 2.95. The van der Waals surface area contributed by atoms with Crippen molar-refractivity contribution in [3.8, 4) is 0 Å². The molecule has 3 N–H and O–H groups in total. The van der Waals surface area contributed by atoms with Gasteiger partial charge in [0.2, 0.25) is 0 Å². The summed E-state index contributed by atoms with van der Waals surface area (Å²) >= 11 is 12.2. The number of aliphatic hydroxyl groups excluding tert-OH is 1. The number of Topliss-reactive ketones (excluding diaryl/α,β-unsaturated/α-hetero) is 1. The fourth-order valence-corrected chi connectivity index (χ4v) is 4.39. The second kappa shape index (κ2) is 8.02. The molecule has 2 aromatic rings. The third-order valence-electron chi connectivity index (χ3n) is 5.38. The summed E-state index contributed by atoms with van der Waals surface area (Å²) in [7, 11) is 0. The molecule has 2 aliphatic rings. The molecule has 4 rings (SSSR count). The molecule has 0 saturated heterocycles. The molecule has 1 aliphatic heterocycles. The number of nitrogens with one attached hydrogen (secondary N) is 2. The number of hydrogen-bond donors (Lipinski definition) is 3. The van der Waals surface area contributed by atoms with Crippen molar-refractivity contribution in [1.82, 2.24) is 9.88 Å². The third kappa shape index (κ3) is 3.71. The van der Waals surface area contributed by atoms with Gasteiger partial charge in [-0.15, -0.1) is 0 Å². The number of fused-ring (bicyclic) bond motifs is 1. The van der Waals surface area contributed by atoms with Gasteiger partial charge in [-0.3, -0.25) is 14.4 Å². The van der Waals surface area contributed by atoms with Crippen LogP contribution in [0.2, 0.25) is 10.0 Å². The molecule has 0 unspecified atom stereocenters. The Hall–Kier alpha value is -2.42. The van der Waals surface area contributed by atoms with Gasteiger partial charge in [0.05, 0.1) is 21.7 Å². The first-order valence-corrected chi connectivity index (χ1v) is 10.2. The number of aliphatic hydroxyl groups is 1. The van der Waals surface area contributed by atoms with Gasteiger partial charge >= 0.3 is 0 Å². The Morgan fingerprint density at radius 3 is 2.60 bits per heavy atom. The van der Waals surface area contributed by atoms with Crippen LogP contribution in [-0.4, -0.2) is 39.4 Å². The van der Waals surface area contributed by atoms with Gasteiger partial charge in [0.25, 0.3) is 17.6 Å². The quantitative estimate of drug-likeness (QED) is 0.478. The van der Waals surface area contributed by atoms with Gasteiger partial charge in [0.1, 0.15) is 11.5 Å². The number of carbonyl (C=O) groups is 3. The molecule has 1 fully saturated rings. The van der Waals surface area contributed by atoms with E-state index in [9.17, 15) is 23.9 Å². The monoisotopic (exact) mass is 453 g/mol. The molecule has 30 heavy (non-hydrogen) atoms. The minimum atomic E-state index is -0.826. The van der Waals surface area contributed by atoms with Crippen LogP contribution in [0.25, 0.3) is 0 Å². The zero-order valence-electron chi connectivity index (χ0n) is 15.7. The van der Waals surface area contributed by atoms with E-state index < -0.39 is 29.5 Å². The van der Waals surface area contributed by atoms with Crippen LogP contribution >= 0.6 is 23.2 Å². The van der Waals surface area contributed by atoms with Crippen LogP contribution in [0.3, 0.4) is 0 Å². The molecule has 10 heteroatoms. The maximum Gasteiger partial charge on any atom is 0.294 e. The van der Waals surface area contributed by atoms with Crippen molar-refractivity contribution in [2.45, 2.75) is 44.4 Å². The molecule has 2 heterocycles. The zero-order valence-corrected chi connectivity index (χ0v) is 17.2. The predicted molar refractivity (Wildman–Crippen MR) is 109 cm³/mol. The number of halogens is 3. The number of carbonyl (C=O) groups excluding carboxylic acids is 3. The van der Waals surface area contributed by atoms with Crippen molar-refractivity contribution in [3.05, 3.63) is 51.0 Å². The molecule has 1 saturated carbocycles. The first kappa shape index (κ1) is 20.8. The highest BCUT2D eigenvalue weighted by Gasteiger charge is 2.36. The first-order valence-electron chi connectivity index (χ1n) is 9.46. The molecule has 2 amide bonds. The molecule has 1 aromatic heterocycles. The number of nitrogens with zero attached hydrogens (tertiary/aromatic N) is 1. The lowest BCUT2D eigenvalue weighted by Gasteiger charge is -2.31. The van der Waals surface area contributed by atoms with Crippen LogP contribution in [0, 0.1) is 5.82 Å². The van der Waals surface area contributed by atoms with E-state index in [4.69, 9.17) is 23.2 Å². The largest absolute Gasteiger partial charge is 0.393 e. The summed E-state index contributed by atoms with van der Waals surface area (Å²) in [6.07, 6.45) is 1.55. The summed E-state index contributed by atoms with van der Waals surface area (Å²) < 4.78 is 15.0. The molecular formula is C20H18Cl2FN3O4. The average molecular weight is 454 g/mol. The van der Waals surface area contributed by atoms with Crippen LogP contribution in [-0.2, 0) is 17.8 Å². The van der Waals surface area contributed by atoms with E-state index in [1.54, 1.807) is 4.57 Å². The van der Waals surface area contributed by atoms with E-state index >= 15 is 0 Å². The highest BCUT2D eigenvalue weighted by molar-refractivity contribution is 6.48. The maximum atomic E-state index is 13.4. The molecule has 0 atom stereocenters. The van der Waals surface area contributed by atoms with Crippen molar-refractivity contribution in [1.29, 1.82) is 0 Å². The fourth-order valence-electron chi connectivity index (χ4n) is 3.83. The number of hydrogen-bond acceptors (Lipinski definition) is 4. The average Bonchev–Trinajstić information content (AvgIpc) is 3.22. The maximum absolute atomic E-state index is 13.4. The van der Waals surface area contributed by atoms with E-state index in [0.29, 0.717) is 37.9 Å². The third-order valence-corrected chi connectivity index (χ3v) is 6.04. The lowest BCUT2D eigenvalue weighted by atomic mass is 9.89.